The van der Waals surface area contributed by atoms with Crippen molar-refractivity contribution in [2.75, 3.05) is 0 Å². The zero-order valence-electron chi connectivity index (χ0n) is 40.0. The van der Waals surface area contributed by atoms with Crippen LogP contribution in [0, 0.1) is 0 Å². The van der Waals surface area contributed by atoms with E-state index >= 15 is 0 Å². The van der Waals surface area contributed by atoms with Crippen LogP contribution in [0.2, 0.25) is 0 Å². The highest BCUT2D eigenvalue weighted by atomic mass is 15.0. The summed E-state index contributed by atoms with van der Waals surface area (Å²) in [6, 6.07) is 89.1. The molecule has 1 aliphatic carbocycles. The first-order chi connectivity index (χ1) is 36.7. The van der Waals surface area contributed by atoms with Gasteiger partial charge in [-0.3, -0.25) is 0 Å². The molecule has 1 atom stereocenters. The van der Waals surface area contributed by atoms with Crippen molar-refractivity contribution >= 4 is 21.8 Å². The molecule has 14 rings (SSSR count). The van der Waals surface area contributed by atoms with Crippen molar-refractivity contribution in [2.45, 2.75) is 5.92 Å². The molecule has 1 unspecified atom stereocenters. The summed E-state index contributed by atoms with van der Waals surface area (Å²) in [5.41, 5.74) is 17.3. The summed E-state index contributed by atoms with van der Waals surface area (Å²) in [4.78, 5) is 30.5. The summed E-state index contributed by atoms with van der Waals surface area (Å²) >= 11 is 0. The van der Waals surface area contributed by atoms with Crippen LogP contribution in [0.5, 0.6) is 0 Å². The van der Waals surface area contributed by atoms with Crippen LogP contribution in [0.15, 0.2) is 255 Å². The molecule has 7 heteroatoms. The predicted molar refractivity (Wildman–Crippen MR) is 298 cm³/mol. The van der Waals surface area contributed by atoms with Crippen molar-refractivity contribution < 1.29 is 0 Å². The van der Waals surface area contributed by atoms with Gasteiger partial charge in [0.05, 0.1) is 11.0 Å². The minimum absolute atomic E-state index is 0.0840. The predicted octanol–water partition coefficient (Wildman–Crippen LogP) is 16.0. The molecular formula is C67H43N7. The van der Waals surface area contributed by atoms with Crippen molar-refractivity contribution in [3.63, 3.8) is 0 Å². The molecule has 0 bridgehead atoms. The van der Waals surface area contributed by atoms with Gasteiger partial charge in [0.15, 0.2) is 34.9 Å². The Balaban J connectivity index is 0.943. The summed E-state index contributed by atoms with van der Waals surface area (Å²) in [5.74, 6) is 3.67. The van der Waals surface area contributed by atoms with Gasteiger partial charge in [-0.1, -0.05) is 231 Å². The number of para-hydroxylation sites is 2. The number of aromatic nitrogens is 7. The summed E-state index contributed by atoms with van der Waals surface area (Å²) in [5, 5.41) is 2.35. The lowest BCUT2D eigenvalue weighted by molar-refractivity contribution is 1.01. The molecular weight excluding hydrogens is 903 g/mol. The first-order valence-corrected chi connectivity index (χ1v) is 24.9. The van der Waals surface area contributed by atoms with E-state index in [0.29, 0.717) is 34.9 Å². The van der Waals surface area contributed by atoms with Gasteiger partial charge in [-0.15, -0.1) is 0 Å². The fourth-order valence-corrected chi connectivity index (χ4v) is 10.9. The Morgan fingerprint density at radius 2 is 0.676 bits per heavy atom. The van der Waals surface area contributed by atoms with E-state index in [1.54, 1.807) is 0 Å². The van der Waals surface area contributed by atoms with Crippen molar-refractivity contribution in [2.24, 2.45) is 0 Å². The lowest BCUT2D eigenvalue weighted by Crippen LogP contribution is -2.04. The summed E-state index contributed by atoms with van der Waals surface area (Å²) in [6.07, 6.45) is 0. The van der Waals surface area contributed by atoms with Gasteiger partial charge < -0.3 is 4.57 Å². The van der Waals surface area contributed by atoms with Gasteiger partial charge in [0.25, 0.3) is 0 Å². The van der Waals surface area contributed by atoms with Crippen LogP contribution < -0.4 is 0 Å². The summed E-state index contributed by atoms with van der Waals surface area (Å²) in [6.45, 7) is 0. The molecule has 0 spiro atoms. The summed E-state index contributed by atoms with van der Waals surface area (Å²) in [7, 11) is 0. The largest absolute Gasteiger partial charge is 0.309 e. The second kappa shape index (κ2) is 18.0. The van der Waals surface area contributed by atoms with Gasteiger partial charge in [0.2, 0.25) is 0 Å². The van der Waals surface area contributed by atoms with Crippen LogP contribution in [0.3, 0.4) is 0 Å². The SMILES string of the molecule is c1ccc(-c2nc(-c3ccccc3)nc(-c3cccc(C4c5ccccc5-c5cccc(-c6cccc7c8ccccc8n(-c8cccc(-c9nc(-c%10ccccc%10)nc(-c%10ccccc%10)n9)c8)c67)c54)c3)n2)cc1. The number of rotatable bonds is 9. The molecule has 0 N–H and O–H groups in total. The Hall–Kier alpha value is -9.98. The maximum Gasteiger partial charge on any atom is 0.164 e. The van der Waals surface area contributed by atoms with Gasteiger partial charge in [0, 0.05) is 61.3 Å². The van der Waals surface area contributed by atoms with Gasteiger partial charge >= 0.3 is 0 Å². The number of fused-ring (bicyclic) bond motifs is 6. The molecule has 1 aliphatic rings. The van der Waals surface area contributed by atoms with Gasteiger partial charge in [-0.2, -0.15) is 0 Å². The topological polar surface area (TPSA) is 82.3 Å². The second-order valence-corrected chi connectivity index (χ2v) is 18.6. The first-order valence-electron chi connectivity index (χ1n) is 24.9. The highest BCUT2D eigenvalue weighted by Gasteiger charge is 2.33. The fourth-order valence-electron chi connectivity index (χ4n) is 10.9. The van der Waals surface area contributed by atoms with E-state index < -0.39 is 0 Å². The number of benzene rings is 10. The summed E-state index contributed by atoms with van der Waals surface area (Å²) < 4.78 is 2.42. The second-order valence-electron chi connectivity index (χ2n) is 18.6. The number of nitrogens with zero attached hydrogens (tertiary/aromatic N) is 7. The highest BCUT2D eigenvalue weighted by Crippen LogP contribution is 2.53. The van der Waals surface area contributed by atoms with Crippen LogP contribution in [0.25, 0.3) is 118 Å². The van der Waals surface area contributed by atoms with Gasteiger partial charge in [-0.25, -0.2) is 29.9 Å². The molecule has 7 nitrogen and oxygen atoms in total. The Morgan fingerprint density at radius 1 is 0.284 bits per heavy atom. The normalized spacial score (nSPS) is 12.7. The maximum atomic E-state index is 5.14. The third-order valence-corrected chi connectivity index (χ3v) is 14.2. The number of hydrogen-bond acceptors (Lipinski definition) is 6. The molecule has 13 aromatic rings. The van der Waals surface area contributed by atoms with Crippen LogP contribution in [-0.4, -0.2) is 34.5 Å². The molecule has 0 saturated carbocycles. The third-order valence-electron chi connectivity index (χ3n) is 14.2. The van der Waals surface area contributed by atoms with E-state index in [1.807, 2.05) is 121 Å². The highest BCUT2D eigenvalue weighted by molar-refractivity contribution is 6.14. The quantitative estimate of drug-likeness (QED) is 0.143. The van der Waals surface area contributed by atoms with Crippen LogP contribution >= 0.6 is 0 Å². The molecule has 0 aliphatic heterocycles. The Kier molecular flexibility index (Phi) is 10.4. The minimum atomic E-state index is -0.0840. The maximum absolute atomic E-state index is 5.14. The molecule has 3 aromatic heterocycles. The van der Waals surface area contributed by atoms with Crippen molar-refractivity contribution in [3.05, 3.63) is 271 Å². The average molecular weight is 946 g/mol. The van der Waals surface area contributed by atoms with E-state index in [9.17, 15) is 0 Å². The zero-order valence-corrected chi connectivity index (χ0v) is 40.0. The Labute approximate surface area is 427 Å². The van der Waals surface area contributed by atoms with Crippen LogP contribution in [0.1, 0.15) is 22.6 Å². The van der Waals surface area contributed by atoms with Crippen LogP contribution in [-0.2, 0) is 0 Å². The van der Waals surface area contributed by atoms with E-state index in [0.717, 1.165) is 61.2 Å². The van der Waals surface area contributed by atoms with Crippen molar-refractivity contribution in [3.8, 4) is 96.3 Å². The Bertz CT molecular complexity index is 4130. The molecule has 10 aromatic carbocycles. The molecule has 0 fully saturated rings. The molecule has 346 valence electrons. The number of hydrogen-bond donors (Lipinski definition) is 0. The van der Waals surface area contributed by atoms with E-state index in [-0.39, 0.29) is 5.92 Å². The molecule has 74 heavy (non-hydrogen) atoms. The molecule has 0 amide bonds. The average Bonchev–Trinajstić information content (AvgIpc) is 4.02. The van der Waals surface area contributed by atoms with Crippen LogP contribution in [0.4, 0.5) is 0 Å². The molecule has 0 saturated heterocycles. The van der Waals surface area contributed by atoms with Crippen molar-refractivity contribution in [1.82, 2.24) is 34.5 Å². The lowest BCUT2D eigenvalue weighted by Gasteiger charge is -2.20. The lowest BCUT2D eigenvalue weighted by atomic mass is 9.84. The fraction of sp³-hybridized carbons (Fsp3) is 0.0149. The van der Waals surface area contributed by atoms with E-state index in [1.165, 1.54) is 38.6 Å². The van der Waals surface area contributed by atoms with Crippen molar-refractivity contribution in [1.29, 1.82) is 0 Å². The minimum Gasteiger partial charge on any atom is -0.309 e. The van der Waals surface area contributed by atoms with Gasteiger partial charge in [-0.05, 0) is 57.6 Å². The Morgan fingerprint density at radius 3 is 1.26 bits per heavy atom. The monoisotopic (exact) mass is 945 g/mol. The van der Waals surface area contributed by atoms with E-state index in [2.05, 4.69) is 138 Å². The standard InChI is InChI=1S/C67H43N7/c1-5-21-43(22-6-1)62-68-63(44-23-7-2-8-24-44)71-66(70-62)48-30-17-29-47(41-48)59-53-35-14-13-33-51(53)54-36-19-37-55(60(54)59)57-39-20-38-56-52-34-15-16-40-58(52)74(61(56)57)50-32-18-31-49(42-50)67-72-64(45-25-9-3-10-26-45)69-65(73-67)46-27-11-4-12-28-46/h1-42,59H. The molecule has 3 heterocycles. The zero-order chi connectivity index (χ0) is 49.0. The smallest absolute Gasteiger partial charge is 0.164 e. The molecule has 0 radical (unpaired) electrons. The first kappa shape index (κ1) is 42.9. The van der Waals surface area contributed by atoms with E-state index in [4.69, 9.17) is 29.9 Å². The van der Waals surface area contributed by atoms with Gasteiger partial charge in [0.1, 0.15) is 0 Å². The third kappa shape index (κ3) is 7.45.